The number of rotatable bonds is 3. The summed E-state index contributed by atoms with van der Waals surface area (Å²) in [5.74, 6) is 0. The van der Waals surface area contributed by atoms with Gasteiger partial charge in [-0.3, -0.25) is 9.13 Å². The molecule has 0 heterocycles. The molecule has 0 aromatic heterocycles. The van der Waals surface area contributed by atoms with Gasteiger partial charge < -0.3 is 19.6 Å². The highest BCUT2D eigenvalue weighted by Gasteiger charge is 2.58. The molecule has 6 nitrogen and oxygen atoms in total. The van der Waals surface area contributed by atoms with Gasteiger partial charge >= 0.3 is 15.2 Å². The fraction of sp³-hybridized carbons (Fsp3) is 1.00. The Hall–Kier alpha value is 1.32. The first-order valence-electron chi connectivity index (χ1n) is 2.42. The van der Waals surface area contributed by atoms with Crippen molar-refractivity contribution in [2.24, 2.45) is 0 Å². The van der Waals surface area contributed by atoms with Crippen molar-refractivity contribution in [2.75, 3.05) is 4.43 Å². The minimum atomic E-state index is -5.01. The normalized spacial score (nSPS) is 14.8. The predicted molar refractivity (Wildman–Crippen MR) is 51.6 cm³/mol. The van der Waals surface area contributed by atoms with Gasteiger partial charge in [0.05, 0.1) is 0 Å². The molecule has 10 heteroatoms. The van der Waals surface area contributed by atoms with Crippen molar-refractivity contribution in [1.82, 2.24) is 0 Å². The Balaban J connectivity index is 5.25. The van der Waals surface area contributed by atoms with Crippen LogP contribution in [0.15, 0.2) is 0 Å². The predicted octanol–water partition coefficient (Wildman–Crippen LogP) is 0.669. The molecule has 0 bridgehead atoms. The monoisotopic (exact) mass is 350 g/mol. The van der Waals surface area contributed by atoms with E-state index in [1.54, 1.807) is 0 Å². The molecule has 0 aromatic carbocycles. The van der Waals surface area contributed by atoms with Gasteiger partial charge in [-0.15, -0.1) is 0 Å². The van der Waals surface area contributed by atoms with Crippen LogP contribution < -0.4 is 0 Å². The van der Waals surface area contributed by atoms with E-state index in [2.05, 4.69) is 0 Å². The third kappa shape index (κ3) is 2.42. The maximum absolute atomic E-state index is 10.6. The number of halogens is 2. The molecule has 0 spiro atoms. The molecular formula is C2H6ClIO6P2. The Kier molecular flexibility index (Phi) is 4.24. The number of hydrogen-bond acceptors (Lipinski definition) is 2. The first-order valence-corrected chi connectivity index (χ1v) is 7.55. The number of hydrogen-bond donors (Lipinski definition) is 4. The van der Waals surface area contributed by atoms with E-state index in [0.29, 0.717) is 0 Å². The largest absolute Gasteiger partial charge is 0.359 e. The second kappa shape index (κ2) is 3.82. The molecular weight excluding hydrogens is 344 g/mol. The van der Waals surface area contributed by atoms with Gasteiger partial charge in [-0.2, -0.15) is 0 Å². The van der Waals surface area contributed by atoms with Gasteiger partial charge in [0.1, 0.15) is 0 Å². The Morgan fingerprint density at radius 1 is 1.17 bits per heavy atom. The van der Waals surface area contributed by atoms with E-state index in [1.807, 2.05) is 0 Å². The molecule has 0 aliphatic carbocycles. The second-order valence-electron chi connectivity index (χ2n) is 1.94. The van der Waals surface area contributed by atoms with Crippen LogP contribution in [0.1, 0.15) is 0 Å². The SMILES string of the molecule is O=P(O)(O)C(Cl)(CI)P(=O)(O)O. The van der Waals surface area contributed by atoms with E-state index in [-0.39, 0.29) is 0 Å². The van der Waals surface area contributed by atoms with Crippen molar-refractivity contribution in [2.45, 2.75) is 4.36 Å². The minimum absolute atomic E-state index is 0.541. The van der Waals surface area contributed by atoms with Crippen LogP contribution in [0.4, 0.5) is 0 Å². The summed E-state index contributed by atoms with van der Waals surface area (Å²) in [6.45, 7) is 0. The van der Waals surface area contributed by atoms with Crippen LogP contribution in [0, 0.1) is 0 Å². The Morgan fingerprint density at radius 2 is 1.42 bits per heavy atom. The topological polar surface area (TPSA) is 115 Å². The van der Waals surface area contributed by atoms with Crippen LogP contribution in [0.3, 0.4) is 0 Å². The van der Waals surface area contributed by atoms with Gasteiger partial charge in [-0.05, 0) is 0 Å². The first kappa shape index (κ1) is 13.3. The smallest absolute Gasteiger partial charge is 0.323 e. The summed E-state index contributed by atoms with van der Waals surface area (Å²) in [6.07, 6.45) is 0. The summed E-state index contributed by atoms with van der Waals surface area (Å²) in [5, 5.41) is 0. The van der Waals surface area contributed by atoms with Crippen LogP contribution >= 0.6 is 49.4 Å². The third-order valence-electron chi connectivity index (χ3n) is 1.06. The zero-order chi connectivity index (χ0) is 10.2. The fourth-order valence-corrected chi connectivity index (χ4v) is 4.66. The van der Waals surface area contributed by atoms with Crippen molar-refractivity contribution in [3.05, 3.63) is 0 Å². The van der Waals surface area contributed by atoms with Gasteiger partial charge in [0, 0.05) is 4.43 Å². The second-order valence-corrected chi connectivity index (χ2v) is 7.93. The summed E-state index contributed by atoms with van der Waals surface area (Å²) in [6, 6.07) is 0. The Bertz CT molecular complexity index is 232. The van der Waals surface area contributed by atoms with Gasteiger partial charge in [0.2, 0.25) is 0 Å². The molecule has 0 aliphatic rings. The van der Waals surface area contributed by atoms with E-state index in [0.717, 1.165) is 0 Å². The van der Waals surface area contributed by atoms with Crippen molar-refractivity contribution < 1.29 is 28.7 Å². The lowest BCUT2D eigenvalue weighted by atomic mass is 10.9. The maximum atomic E-state index is 10.6. The summed E-state index contributed by atoms with van der Waals surface area (Å²) in [4.78, 5) is 34.2. The molecule has 74 valence electrons. The maximum Gasteiger partial charge on any atom is 0.359 e. The standard InChI is InChI=1S/C2H6ClIO6P2/c3-2(1-4,11(5,6)7)12(8,9)10/h1H2,(H2,5,6,7)(H2,8,9,10). The number of alkyl halides is 2. The van der Waals surface area contributed by atoms with Crippen LogP contribution in [0.5, 0.6) is 0 Å². The fourth-order valence-electron chi connectivity index (χ4n) is 0.325. The van der Waals surface area contributed by atoms with Crippen molar-refractivity contribution in [3.8, 4) is 0 Å². The van der Waals surface area contributed by atoms with E-state index in [4.69, 9.17) is 31.2 Å². The van der Waals surface area contributed by atoms with Gasteiger partial charge in [0.15, 0.2) is 0 Å². The highest BCUT2D eigenvalue weighted by atomic mass is 127. The Labute approximate surface area is 86.8 Å². The lowest BCUT2D eigenvalue weighted by molar-refractivity contribution is 0.336. The Morgan fingerprint density at radius 3 is 1.42 bits per heavy atom. The van der Waals surface area contributed by atoms with Crippen molar-refractivity contribution in [1.29, 1.82) is 0 Å². The first-order chi connectivity index (χ1) is 5.06. The molecule has 12 heavy (non-hydrogen) atoms. The zero-order valence-corrected chi connectivity index (χ0v) is 10.2. The summed E-state index contributed by atoms with van der Waals surface area (Å²) in [5.41, 5.74) is 0. The van der Waals surface area contributed by atoms with Gasteiger partial charge in [0.25, 0.3) is 4.36 Å². The average molecular weight is 350 g/mol. The molecule has 0 radical (unpaired) electrons. The molecule has 0 saturated carbocycles. The van der Waals surface area contributed by atoms with Crippen molar-refractivity contribution in [3.63, 3.8) is 0 Å². The molecule has 0 rings (SSSR count). The van der Waals surface area contributed by atoms with Crippen LogP contribution in [0.2, 0.25) is 0 Å². The molecule has 0 saturated heterocycles. The third-order valence-corrected chi connectivity index (χ3v) is 8.98. The molecule has 0 fully saturated rings. The molecule has 0 aliphatic heterocycles. The van der Waals surface area contributed by atoms with Crippen LogP contribution in [0.25, 0.3) is 0 Å². The lowest BCUT2D eigenvalue weighted by Crippen LogP contribution is -2.23. The van der Waals surface area contributed by atoms with E-state index < -0.39 is 24.0 Å². The molecule has 0 aromatic rings. The van der Waals surface area contributed by atoms with Gasteiger partial charge in [-0.1, -0.05) is 34.2 Å². The quantitative estimate of drug-likeness (QED) is 0.338. The van der Waals surface area contributed by atoms with Crippen molar-refractivity contribution >= 4 is 49.4 Å². The minimum Gasteiger partial charge on any atom is -0.323 e. The lowest BCUT2D eigenvalue weighted by Gasteiger charge is -2.25. The molecule has 0 unspecified atom stereocenters. The molecule has 4 N–H and O–H groups in total. The van der Waals surface area contributed by atoms with Crippen LogP contribution in [-0.2, 0) is 9.13 Å². The van der Waals surface area contributed by atoms with Crippen LogP contribution in [-0.4, -0.2) is 28.4 Å². The van der Waals surface area contributed by atoms with E-state index in [1.165, 1.54) is 22.6 Å². The summed E-state index contributed by atoms with van der Waals surface area (Å²) in [7, 11) is -10.0. The van der Waals surface area contributed by atoms with Gasteiger partial charge in [-0.25, -0.2) is 0 Å². The summed E-state index contributed by atoms with van der Waals surface area (Å²) < 4.78 is 17.9. The summed E-state index contributed by atoms with van der Waals surface area (Å²) >= 11 is 6.54. The highest BCUT2D eigenvalue weighted by Crippen LogP contribution is 2.71. The highest BCUT2D eigenvalue weighted by molar-refractivity contribution is 14.1. The molecule has 0 amide bonds. The zero-order valence-electron chi connectivity index (χ0n) is 5.46. The average Bonchev–Trinajstić information content (AvgIpc) is 1.81. The van der Waals surface area contributed by atoms with E-state index >= 15 is 0 Å². The molecule has 0 atom stereocenters. The van der Waals surface area contributed by atoms with E-state index in [9.17, 15) is 9.13 Å².